The Hall–Kier alpha value is -3.53. The molecule has 0 fully saturated rings. The molecule has 0 amide bonds. The van der Waals surface area contributed by atoms with Gasteiger partial charge in [-0.3, -0.25) is 0 Å². The van der Waals surface area contributed by atoms with Gasteiger partial charge in [-0.25, -0.2) is 0 Å². The van der Waals surface area contributed by atoms with Gasteiger partial charge in [0, 0.05) is 16.5 Å². The fraction of sp³-hybridized carbons (Fsp3) is 0.0526. The van der Waals surface area contributed by atoms with Crippen LogP contribution in [0.1, 0.15) is 0 Å². The van der Waals surface area contributed by atoms with Crippen molar-refractivity contribution in [3.8, 4) is 5.75 Å². The first-order chi connectivity index (χ1) is 20.3. The number of phenols is 1. The fourth-order valence-corrected chi connectivity index (χ4v) is 10.7. The zero-order valence-corrected chi connectivity index (χ0v) is 26.5. The largest absolute Gasteiger partial charge is 0.508 e. The van der Waals surface area contributed by atoms with E-state index in [1.165, 1.54) is 33.5 Å². The van der Waals surface area contributed by atoms with Crippen LogP contribution in [0.4, 0.5) is 0 Å². The Morgan fingerprint density at radius 2 is 0.643 bits per heavy atom. The maximum absolute atomic E-state index is 8.63. The minimum absolute atomic E-state index is 0. The van der Waals surface area contributed by atoms with Crippen LogP contribution in [-0.2, 0) is 16.5 Å². The Kier molecular flexibility index (Phi) is 15.4. The molecule has 0 aliphatic rings. The van der Waals surface area contributed by atoms with Crippen LogP contribution in [0.2, 0.25) is 0 Å². The van der Waals surface area contributed by atoms with Gasteiger partial charge < -0.3 is 5.11 Å². The second kappa shape index (κ2) is 19.6. The van der Waals surface area contributed by atoms with Crippen molar-refractivity contribution < 1.29 is 21.6 Å². The van der Waals surface area contributed by atoms with Gasteiger partial charge in [-0.2, -0.15) is 36.4 Å². The normalized spacial score (nSPS) is 9.95. The summed E-state index contributed by atoms with van der Waals surface area (Å²) in [4.78, 5) is 0. The van der Waals surface area contributed by atoms with Crippen molar-refractivity contribution in [2.24, 2.45) is 0 Å². The second-order valence-corrected chi connectivity index (χ2v) is 14.6. The molecule has 0 saturated heterocycles. The van der Waals surface area contributed by atoms with Gasteiger partial charge >= 0.3 is 0 Å². The first-order valence-electron chi connectivity index (χ1n) is 13.9. The molecule has 0 unspecified atom stereocenters. The van der Waals surface area contributed by atoms with Gasteiger partial charge in [0.1, 0.15) is 18.1 Å². The number of phenolic OH excluding ortho intramolecular Hbond substituents is 1. The van der Waals surface area contributed by atoms with E-state index in [2.05, 4.69) is 127 Å². The first-order valence-corrected chi connectivity index (χ1v) is 17.3. The smallest absolute Gasteiger partial charge is 0.115 e. The molecule has 1 nitrogen and oxygen atoms in total. The molecule has 0 aliphatic carbocycles. The molecule has 1 N–H and O–H groups in total. The molecule has 0 bridgehead atoms. The van der Waals surface area contributed by atoms with E-state index in [1.54, 1.807) is 24.3 Å². The van der Waals surface area contributed by atoms with Crippen LogP contribution in [0.15, 0.2) is 182 Å². The summed E-state index contributed by atoms with van der Waals surface area (Å²) in [5.74, 6) is 0.322. The maximum Gasteiger partial charge on any atom is 0.115 e. The Bertz CT molecular complexity index is 1280. The summed E-state index contributed by atoms with van der Waals surface area (Å²) in [6.07, 6.45) is 2.52. The quantitative estimate of drug-likeness (QED) is 0.110. The summed E-state index contributed by atoms with van der Waals surface area (Å²) < 4.78 is 0. The number of para-hydroxylation sites is 1. The maximum atomic E-state index is 8.63. The van der Waals surface area contributed by atoms with Crippen LogP contribution in [0.25, 0.3) is 0 Å². The van der Waals surface area contributed by atoms with Crippen LogP contribution < -0.4 is 21.2 Å². The van der Waals surface area contributed by atoms with Gasteiger partial charge in [0.05, 0.1) is 37.1 Å². The van der Waals surface area contributed by atoms with Crippen molar-refractivity contribution in [2.45, 2.75) is 0 Å². The summed E-state index contributed by atoms with van der Waals surface area (Å²) in [6.45, 7) is 0. The van der Waals surface area contributed by atoms with Crippen molar-refractivity contribution in [1.29, 1.82) is 0 Å². The van der Waals surface area contributed by atoms with Crippen molar-refractivity contribution in [3.63, 3.8) is 0 Å². The molecule has 4 heteroatoms. The molecule has 214 valence electrons. The Labute approximate surface area is 263 Å². The van der Waals surface area contributed by atoms with E-state index in [1.807, 2.05) is 36.4 Å². The predicted octanol–water partition coefficient (Wildman–Crippen LogP) is 7.59. The molecule has 0 spiro atoms. The molecule has 6 rings (SSSR count). The standard InChI is InChI=1S/C26H24P2.C6H6O.C6H5.Ni/c1-5-13-23(14-6-1)27(24-15-7-2-8-16-24)21-22-28(25-17-9-3-10-18-25)26-19-11-4-12-20-26;7-6-4-2-1-3-5-6;1-2-4-6-5-3-1;/h1-20H,21-22H2;1-5,7H;1-5H;/q;;-1;/p+2. The summed E-state index contributed by atoms with van der Waals surface area (Å²) in [5.41, 5.74) is 0. The van der Waals surface area contributed by atoms with E-state index in [4.69, 9.17) is 5.11 Å². The number of hydrogen-bond acceptors (Lipinski definition) is 1. The van der Waals surface area contributed by atoms with Crippen molar-refractivity contribution in [3.05, 3.63) is 188 Å². The second-order valence-electron chi connectivity index (χ2n) is 9.33. The Morgan fingerprint density at radius 3 is 0.833 bits per heavy atom. The van der Waals surface area contributed by atoms with E-state index in [-0.39, 0.29) is 16.5 Å². The third-order valence-corrected chi connectivity index (χ3v) is 12.6. The third kappa shape index (κ3) is 11.4. The van der Waals surface area contributed by atoms with E-state index in [0.29, 0.717) is 5.75 Å². The molecule has 0 aromatic heterocycles. The third-order valence-electron chi connectivity index (χ3n) is 6.48. The monoisotopic (exact) mass is 629 g/mol. The molecule has 6 aromatic carbocycles. The van der Waals surface area contributed by atoms with Crippen LogP contribution in [0, 0.1) is 6.07 Å². The van der Waals surface area contributed by atoms with Crippen molar-refractivity contribution >= 4 is 37.1 Å². The van der Waals surface area contributed by atoms with E-state index >= 15 is 0 Å². The molecule has 0 aliphatic heterocycles. The van der Waals surface area contributed by atoms with Crippen LogP contribution in [0.3, 0.4) is 0 Å². The van der Waals surface area contributed by atoms with E-state index < -0.39 is 15.8 Å². The van der Waals surface area contributed by atoms with Gasteiger partial charge in [0.2, 0.25) is 0 Å². The molecular formula is C38H37NiOP2+. The topological polar surface area (TPSA) is 20.2 Å². The SMILES string of the molecule is Oc1ccccc1.[Ni].[c-]1ccccc1.c1ccc([PH+](CC[PH+](c2ccccc2)c2ccccc2)c2ccccc2)cc1. The predicted molar refractivity (Wildman–Crippen MR) is 184 cm³/mol. The molecule has 42 heavy (non-hydrogen) atoms. The summed E-state index contributed by atoms with van der Waals surface area (Å²) in [6, 6.07) is 65.7. The summed E-state index contributed by atoms with van der Waals surface area (Å²) in [7, 11) is -1.57. The zero-order valence-electron chi connectivity index (χ0n) is 23.5. The van der Waals surface area contributed by atoms with Gasteiger partial charge in [-0.15, -0.1) is 0 Å². The van der Waals surface area contributed by atoms with E-state index in [9.17, 15) is 0 Å². The summed E-state index contributed by atoms with van der Waals surface area (Å²) in [5, 5.41) is 14.7. The number of hydrogen-bond donors (Lipinski definition) is 1. The number of benzene rings is 6. The molecule has 0 radical (unpaired) electrons. The van der Waals surface area contributed by atoms with Gasteiger partial charge in [-0.1, -0.05) is 91.0 Å². The fourth-order valence-electron chi connectivity index (χ4n) is 4.49. The molecule has 6 aromatic rings. The number of rotatable bonds is 7. The minimum atomic E-state index is -0.783. The van der Waals surface area contributed by atoms with E-state index in [0.717, 1.165) is 0 Å². The molecule has 0 saturated carbocycles. The average molecular weight is 630 g/mol. The van der Waals surface area contributed by atoms with Gasteiger partial charge in [0.25, 0.3) is 0 Å². The molecule has 0 atom stereocenters. The molecule has 0 heterocycles. The van der Waals surface area contributed by atoms with Gasteiger partial charge in [-0.05, 0) is 60.7 Å². The summed E-state index contributed by atoms with van der Waals surface area (Å²) >= 11 is 0. The van der Waals surface area contributed by atoms with Crippen molar-refractivity contribution in [2.75, 3.05) is 12.3 Å². The first kappa shape index (κ1) is 33.0. The Morgan fingerprint density at radius 1 is 0.381 bits per heavy atom. The van der Waals surface area contributed by atoms with Crippen molar-refractivity contribution in [1.82, 2.24) is 0 Å². The molecular weight excluding hydrogens is 593 g/mol. The minimum Gasteiger partial charge on any atom is -0.508 e. The van der Waals surface area contributed by atoms with Crippen LogP contribution in [-0.4, -0.2) is 17.4 Å². The number of aromatic hydroxyl groups is 1. The zero-order chi connectivity index (χ0) is 28.4. The van der Waals surface area contributed by atoms with Crippen LogP contribution in [0.5, 0.6) is 5.75 Å². The van der Waals surface area contributed by atoms with Gasteiger partial charge in [0.15, 0.2) is 0 Å². The average Bonchev–Trinajstić information content (AvgIpc) is 3.07. The Balaban J connectivity index is 0.000000284. The van der Waals surface area contributed by atoms with Crippen LogP contribution >= 0.6 is 15.8 Å².